The van der Waals surface area contributed by atoms with E-state index in [1.807, 2.05) is 24.4 Å². The summed E-state index contributed by atoms with van der Waals surface area (Å²) in [4.78, 5) is 12.3. The van der Waals surface area contributed by atoms with Crippen LogP contribution in [0.3, 0.4) is 0 Å². The minimum Gasteiger partial charge on any atom is -0.376 e. The lowest BCUT2D eigenvalue weighted by molar-refractivity contribution is 0.0953. The first kappa shape index (κ1) is 19.5. The zero-order valence-corrected chi connectivity index (χ0v) is 18.5. The van der Waals surface area contributed by atoms with Crippen molar-refractivity contribution in [2.24, 2.45) is 0 Å². The van der Waals surface area contributed by atoms with Crippen molar-refractivity contribution in [2.45, 2.75) is 42.6 Å². The molecule has 1 fully saturated rings. The number of para-hydroxylation sites is 1. The van der Waals surface area contributed by atoms with Gasteiger partial charge < -0.3 is 9.72 Å². The van der Waals surface area contributed by atoms with E-state index in [2.05, 4.69) is 60.9 Å². The Morgan fingerprint density at radius 1 is 1.12 bits per heavy atom. The van der Waals surface area contributed by atoms with Crippen molar-refractivity contribution < 1.29 is 4.74 Å². The van der Waals surface area contributed by atoms with Gasteiger partial charge in [0.25, 0.3) is 0 Å². The van der Waals surface area contributed by atoms with Crippen molar-refractivity contribution in [1.82, 2.24) is 29.7 Å². The van der Waals surface area contributed by atoms with Crippen LogP contribution in [0.4, 0.5) is 0 Å². The number of fused-ring (bicyclic) bond motifs is 2. The first-order valence-electron chi connectivity index (χ1n) is 10.8. The Hall–Kier alpha value is -3.23. The highest BCUT2D eigenvalue weighted by Gasteiger charge is 2.24. The summed E-state index contributed by atoms with van der Waals surface area (Å²) in [5.41, 5.74) is 4.23. The Morgan fingerprint density at radius 2 is 2.06 bits per heavy atom. The van der Waals surface area contributed by atoms with Gasteiger partial charge in [0.05, 0.1) is 18.2 Å². The summed E-state index contributed by atoms with van der Waals surface area (Å²) in [7, 11) is 0. The monoisotopic (exact) mass is 442 g/mol. The van der Waals surface area contributed by atoms with Crippen molar-refractivity contribution in [3.8, 4) is 11.4 Å². The van der Waals surface area contributed by atoms with E-state index >= 15 is 0 Å². The van der Waals surface area contributed by atoms with E-state index in [9.17, 15) is 0 Å². The third kappa shape index (κ3) is 3.45. The summed E-state index contributed by atoms with van der Waals surface area (Å²) >= 11 is 1.53. The van der Waals surface area contributed by atoms with E-state index in [1.54, 1.807) is 6.33 Å². The second-order valence-electron chi connectivity index (χ2n) is 8.10. The lowest BCUT2D eigenvalue weighted by Gasteiger charge is -2.14. The van der Waals surface area contributed by atoms with Gasteiger partial charge in [-0.1, -0.05) is 29.8 Å². The van der Waals surface area contributed by atoms with Crippen LogP contribution < -0.4 is 0 Å². The molecule has 5 aromatic rings. The van der Waals surface area contributed by atoms with Crippen LogP contribution in [-0.4, -0.2) is 42.4 Å². The smallest absolute Gasteiger partial charge is 0.197 e. The van der Waals surface area contributed by atoms with Crippen LogP contribution in [0.5, 0.6) is 0 Å². The van der Waals surface area contributed by atoms with Crippen LogP contribution in [0.25, 0.3) is 33.2 Å². The van der Waals surface area contributed by atoms with Crippen LogP contribution in [0.1, 0.15) is 18.4 Å². The fourth-order valence-corrected chi connectivity index (χ4v) is 5.19. The molecule has 1 atom stereocenters. The highest BCUT2D eigenvalue weighted by molar-refractivity contribution is 7.99. The van der Waals surface area contributed by atoms with E-state index in [-0.39, 0.29) is 6.10 Å². The molecule has 0 spiro atoms. The number of hydrogen-bond donors (Lipinski definition) is 1. The quantitative estimate of drug-likeness (QED) is 0.386. The van der Waals surface area contributed by atoms with Gasteiger partial charge in [-0.15, -0.1) is 10.2 Å². The van der Waals surface area contributed by atoms with Crippen molar-refractivity contribution in [3.05, 3.63) is 60.6 Å². The Labute approximate surface area is 189 Å². The maximum atomic E-state index is 5.96. The number of aromatic amines is 1. The molecule has 0 amide bonds. The summed E-state index contributed by atoms with van der Waals surface area (Å²) in [5, 5.41) is 13.1. The lowest BCUT2D eigenvalue weighted by atomic mass is 10.1. The molecular weight excluding hydrogens is 420 g/mol. The number of rotatable bonds is 5. The number of H-pyrrole nitrogens is 1. The molecule has 1 N–H and O–H groups in total. The number of ether oxygens (including phenoxy) is 1. The average Bonchev–Trinajstić information content (AvgIpc) is 3.55. The maximum Gasteiger partial charge on any atom is 0.197 e. The van der Waals surface area contributed by atoms with Gasteiger partial charge in [-0.05, 0) is 49.7 Å². The maximum absolute atomic E-state index is 5.96. The van der Waals surface area contributed by atoms with Gasteiger partial charge in [0.1, 0.15) is 11.4 Å². The van der Waals surface area contributed by atoms with Crippen molar-refractivity contribution in [3.63, 3.8) is 0 Å². The van der Waals surface area contributed by atoms with Gasteiger partial charge in [-0.2, -0.15) is 0 Å². The molecule has 8 heteroatoms. The topological polar surface area (TPSA) is 81.5 Å². The molecule has 1 aliphatic heterocycles. The normalized spacial score (nSPS) is 16.3. The fraction of sp³-hybridized carbons (Fsp3) is 0.250. The first-order valence-corrected chi connectivity index (χ1v) is 11.6. The molecule has 0 aliphatic carbocycles. The summed E-state index contributed by atoms with van der Waals surface area (Å²) in [5.74, 6) is 0.843. The summed E-state index contributed by atoms with van der Waals surface area (Å²) in [6, 6.07) is 14.5. The molecule has 0 bridgehead atoms. The highest BCUT2D eigenvalue weighted by Crippen LogP contribution is 2.35. The van der Waals surface area contributed by atoms with E-state index in [0.29, 0.717) is 6.54 Å². The van der Waals surface area contributed by atoms with Crippen LogP contribution in [0.2, 0.25) is 0 Å². The number of benzene rings is 2. The van der Waals surface area contributed by atoms with Gasteiger partial charge in [0, 0.05) is 34.7 Å². The van der Waals surface area contributed by atoms with Crippen molar-refractivity contribution in [2.75, 3.05) is 6.61 Å². The van der Waals surface area contributed by atoms with Crippen LogP contribution in [0, 0.1) is 6.92 Å². The number of nitrogens with one attached hydrogen (secondary N) is 1. The number of nitrogens with zero attached hydrogens (tertiary/aromatic N) is 5. The average molecular weight is 443 g/mol. The Kier molecular flexibility index (Phi) is 4.88. The first-order chi connectivity index (χ1) is 15.8. The van der Waals surface area contributed by atoms with Crippen LogP contribution >= 0.6 is 11.8 Å². The van der Waals surface area contributed by atoms with Gasteiger partial charge >= 0.3 is 0 Å². The molecule has 1 aliphatic rings. The second kappa shape index (κ2) is 8.03. The Balaban J connectivity index is 1.46. The van der Waals surface area contributed by atoms with Gasteiger partial charge in [0.2, 0.25) is 0 Å². The Morgan fingerprint density at radius 3 is 2.97 bits per heavy atom. The van der Waals surface area contributed by atoms with Gasteiger partial charge in [-0.3, -0.25) is 4.57 Å². The number of aromatic nitrogens is 6. The molecule has 0 saturated carbocycles. The van der Waals surface area contributed by atoms with Crippen molar-refractivity contribution >= 4 is 33.6 Å². The van der Waals surface area contributed by atoms with Gasteiger partial charge in [-0.25, -0.2) is 9.97 Å². The molecule has 1 saturated heterocycles. The van der Waals surface area contributed by atoms with Gasteiger partial charge in [0.15, 0.2) is 11.0 Å². The highest BCUT2D eigenvalue weighted by atomic mass is 32.2. The minimum absolute atomic E-state index is 0.165. The lowest BCUT2D eigenvalue weighted by Crippen LogP contribution is -2.16. The third-order valence-corrected chi connectivity index (χ3v) is 6.90. The van der Waals surface area contributed by atoms with E-state index < -0.39 is 0 Å². The summed E-state index contributed by atoms with van der Waals surface area (Å²) < 4.78 is 8.14. The number of hydrogen-bond acceptors (Lipinski definition) is 6. The summed E-state index contributed by atoms with van der Waals surface area (Å²) in [6.07, 6.45) is 5.93. The number of aryl methyl sites for hydroxylation is 1. The molecule has 3 aromatic heterocycles. The molecule has 4 heterocycles. The van der Waals surface area contributed by atoms with E-state index in [0.717, 1.165) is 62.8 Å². The zero-order chi connectivity index (χ0) is 21.5. The van der Waals surface area contributed by atoms with Crippen LogP contribution in [-0.2, 0) is 11.3 Å². The SMILES string of the molecule is Cc1ccc2ncnc(Sc3nnc(-c4c[nH]c5ccccc45)n3CC3CCCO3)c2c1. The molecular formula is C24H22N6OS. The molecule has 6 rings (SSSR count). The molecule has 32 heavy (non-hydrogen) atoms. The molecule has 7 nitrogen and oxygen atoms in total. The molecule has 1 unspecified atom stereocenters. The van der Waals surface area contributed by atoms with E-state index in [4.69, 9.17) is 4.74 Å². The zero-order valence-electron chi connectivity index (χ0n) is 17.7. The standard InChI is InChI=1S/C24H22N6OS/c1-15-8-9-21-18(11-15)23(27-14-26-21)32-24-29-28-22(30(24)13-16-5-4-10-31-16)19-12-25-20-7-3-2-6-17(19)20/h2-3,6-9,11-12,14,16,25H,4-5,10,13H2,1H3. The third-order valence-electron chi connectivity index (χ3n) is 5.90. The Bertz CT molecular complexity index is 1420. The molecule has 160 valence electrons. The van der Waals surface area contributed by atoms with Crippen LogP contribution in [0.15, 0.2) is 65.2 Å². The predicted octanol–water partition coefficient (Wildman–Crippen LogP) is 5.01. The predicted molar refractivity (Wildman–Crippen MR) is 125 cm³/mol. The minimum atomic E-state index is 0.165. The fourth-order valence-electron chi connectivity index (χ4n) is 4.29. The molecule has 0 radical (unpaired) electrons. The summed E-state index contributed by atoms with van der Waals surface area (Å²) in [6.45, 7) is 3.61. The van der Waals surface area contributed by atoms with Crippen molar-refractivity contribution in [1.29, 1.82) is 0 Å². The second-order valence-corrected chi connectivity index (χ2v) is 9.06. The largest absolute Gasteiger partial charge is 0.376 e. The van der Waals surface area contributed by atoms with E-state index in [1.165, 1.54) is 17.3 Å². The molecule has 2 aromatic carbocycles.